The van der Waals surface area contributed by atoms with Crippen molar-refractivity contribution in [2.24, 2.45) is 11.8 Å². The van der Waals surface area contributed by atoms with E-state index >= 15 is 0 Å². The topological polar surface area (TPSA) is 35.3 Å². The fraction of sp³-hybridized carbons (Fsp3) is 0.571. The normalized spacial score (nSPS) is 27.8. The first-order valence-corrected chi connectivity index (χ1v) is 9.73. The van der Waals surface area contributed by atoms with E-state index in [2.05, 4.69) is 5.16 Å². The van der Waals surface area contributed by atoms with Gasteiger partial charge < -0.3 is 9.26 Å². The monoisotopic (exact) mass is 359 g/mol. The molecule has 0 aliphatic heterocycles. The van der Waals surface area contributed by atoms with Crippen LogP contribution in [-0.4, -0.2) is 11.3 Å². The maximum Gasteiger partial charge on any atom is 0.145 e. The van der Waals surface area contributed by atoms with E-state index in [-0.39, 0.29) is 17.4 Å². The lowest BCUT2D eigenvalue weighted by Gasteiger charge is -2.27. The van der Waals surface area contributed by atoms with Crippen molar-refractivity contribution < 1.29 is 18.0 Å². The summed E-state index contributed by atoms with van der Waals surface area (Å²) in [6, 6.07) is 3.88. The molecule has 138 valence electrons. The summed E-state index contributed by atoms with van der Waals surface area (Å²) in [7, 11) is 0. The van der Waals surface area contributed by atoms with Crippen molar-refractivity contribution in [3.8, 4) is 11.3 Å². The van der Waals surface area contributed by atoms with Gasteiger partial charge >= 0.3 is 0 Å². The summed E-state index contributed by atoms with van der Waals surface area (Å²) >= 11 is 0. The second kappa shape index (κ2) is 6.45. The Morgan fingerprint density at radius 3 is 2.35 bits per heavy atom. The number of aromatic nitrogens is 1. The van der Waals surface area contributed by atoms with Crippen LogP contribution in [-0.2, 0) is 11.3 Å². The summed E-state index contributed by atoms with van der Waals surface area (Å²) < 4.78 is 40.3. The average molecular weight is 359 g/mol. The molecule has 5 rings (SSSR count). The Balaban J connectivity index is 1.42. The van der Waals surface area contributed by atoms with E-state index in [1.165, 1.54) is 37.5 Å². The van der Waals surface area contributed by atoms with Crippen LogP contribution in [0.3, 0.4) is 0 Å². The molecule has 0 amide bonds. The third-order valence-corrected chi connectivity index (χ3v) is 6.27. The van der Waals surface area contributed by atoms with Crippen LogP contribution in [0.5, 0.6) is 0 Å². The summed E-state index contributed by atoms with van der Waals surface area (Å²) in [6.45, 7) is 0.322. The number of halogens is 2. The van der Waals surface area contributed by atoms with Gasteiger partial charge in [-0.3, -0.25) is 0 Å². The molecule has 5 heteroatoms. The van der Waals surface area contributed by atoms with E-state index in [4.69, 9.17) is 9.26 Å². The van der Waals surface area contributed by atoms with Crippen molar-refractivity contribution in [2.75, 3.05) is 0 Å². The van der Waals surface area contributed by atoms with E-state index < -0.39 is 11.6 Å². The molecule has 0 spiro atoms. The number of hydrogen-bond donors (Lipinski definition) is 0. The van der Waals surface area contributed by atoms with Gasteiger partial charge in [0.15, 0.2) is 0 Å². The van der Waals surface area contributed by atoms with E-state index in [9.17, 15) is 8.78 Å². The van der Waals surface area contributed by atoms with Gasteiger partial charge in [0.2, 0.25) is 0 Å². The molecule has 0 radical (unpaired) electrons. The number of ether oxygens (including phenoxy) is 1. The molecular formula is C21H23F2NO2. The smallest absolute Gasteiger partial charge is 0.145 e. The van der Waals surface area contributed by atoms with Crippen molar-refractivity contribution in [1.82, 2.24) is 5.16 Å². The summed E-state index contributed by atoms with van der Waals surface area (Å²) in [4.78, 5) is 0. The summed E-state index contributed by atoms with van der Waals surface area (Å²) in [5.74, 6) is 1.41. The lowest BCUT2D eigenvalue weighted by atomic mass is 9.87. The molecule has 3 aliphatic carbocycles. The first-order valence-electron chi connectivity index (χ1n) is 9.73. The minimum absolute atomic E-state index is 0.106. The van der Waals surface area contributed by atoms with Crippen LogP contribution in [0.2, 0.25) is 0 Å². The lowest BCUT2D eigenvalue weighted by Crippen LogP contribution is -2.23. The maximum atomic E-state index is 14.3. The van der Waals surface area contributed by atoms with Gasteiger partial charge in [-0.1, -0.05) is 24.1 Å². The lowest BCUT2D eigenvalue weighted by molar-refractivity contribution is -0.00127. The molecule has 1 aromatic heterocycles. The van der Waals surface area contributed by atoms with Gasteiger partial charge in [0.05, 0.1) is 18.3 Å². The number of benzene rings is 1. The predicted octanol–water partition coefficient (Wildman–Crippen LogP) is 5.59. The zero-order valence-electron chi connectivity index (χ0n) is 14.7. The van der Waals surface area contributed by atoms with Gasteiger partial charge in [-0.05, 0) is 56.1 Å². The first-order chi connectivity index (χ1) is 12.7. The highest BCUT2D eigenvalue weighted by Gasteiger charge is 2.37. The number of nitrogens with zero attached hydrogens (tertiary/aromatic N) is 1. The third-order valence-electron chi connectivity index (χ3n) is 6.27. The van der Waals surface area contributed by atoms with Crippen molar-refractivity contribution in [3.63, 3.8) is 0 Å². The fourth-order valence-corrected chi connectivity index (χ4v) is 4.83. The van der Waals surface area contributed by atoms with Crippen molar-refractivity contribution in [3.05, 3.63) is 41.2 Å². The van der Waals surface area contributed by atoms with Gasteiger partial charge in [0.1, 0.15) is 23.1 Å². The van der Waals surface area contributed by atoms with Crippen LogP contribution in [0.15, 0.2) is 22.7 Å². The Labute approximate surface area is 151 Å². The van der Waals surface area contributed by atoms with Crippen molar-refractivity contribution >= 4 is 0 Å². The molecule has 2 aromatic rings. The average Bonchev–Trinajstić information content (AvgIpc) is 3.30. The Kier molecular flexibility index (Phi) is 4.07. The molecular weight excluding hydrogens is 336 g/mol. The molecule has 3 atom stereocenters. The van der Waals surface area contributed by atoms with Gasteiger partial charge in [0, 0.05) is 11.5 Å². The molecule has 3 fully saturated rings. The molecule has 0 N–H and O–H groups in total. The van der Waals surface area contributed by atoms with Gasteiger partial charge in [-0.2, -0.15) is 0 Å². The van der Waals surface area contributed by atoms with Crippen LogP contribution in [0.1, 0.15) is 62.2 Å². The largest absolute Gasteiger partial charge is 0.373 e. The Bertz CT molecular complexity index is 782. The number of fused-ring (bicyclic) bond motifs is 2. The van der Waals surface area contributed by atoms with E-state index in [0.29, 0.717) is 12.5 Å². The SMILES string of the molecule is Fc1cccc(F)c1-c1noc(C2CC2)c1COC1CC2CC[C@@H](C2)C1. The minimum atomic E-state index is -0.613. The Morgan fingerprint density at radius 2 is 1.69 bits per heavy atom. The van der Waals surface area contributed by atoms with Crippen LogP contribution in [0, 0.1) is 23.5 Å². The van der Waals surface area contributed by atoms with E-state index in [1.807, 2.05) is 0 Å². The Hall–Kier alpha value is -1.75. The highest BCUT2D eigenvalue weighted by molar-refractivity contribution is 5.65. The zero-order chi connectivity index (χ0) is 17.7. The molecule has 0 saturated heterocycles. The highest BCUT2D eigenvalue weighted by atomic mass is 19.1. The summed E-state index contributed by atoms with van der Waals surface area (Å²) in [5.41, 5.74) is 0.890. The molecule has 3 saturated carbocycles. The molecule has 2 bridgehead atoms. The molecule has 2 unspecified atom stereocenters. The second-order valence-electron chi connectivity index (χ2n) is 8.19. The maximum absolute atomic E-state index is 14.3. The second-order valence-corrected chi connectivity index (χ2v) is 8.19. The predicted molar refractivity (Wildman–Crippen MR) is 92.5 cm³/mol. The van der Waals surface area contributed by atoms with Crippen LogP contribution >= 0.6 is 0 Å². The Morgan fingerprint density at radius 1 is 1.00 bits per heavy atom. The van der Waals surface area contributed by atoms with Gasteiger partial charge in [-0.15, -0.1) is 0 Å². The van der Waals surface area contributed by atoms with Crippen molar-refractivity contribution in [1.29, 1.82) is 0 Å². The quantitative estimate of drug-likeness (QED) is 0.698. The fourth-order valence-electron chi connectivity index (χ4n) is 4.83. The molecule has 1 aromatic carbocycles. The van der Waals surface area contributed by atoms with Crippen LogP contribution in [0.25, 0.3) is 11.3 Å². The minimum Gasteiger partial charge on any atom is -0.373 e. The summed E-state index contributed by atoms with van der Waals surface area (Å²) in [5, 5.41) is 4.04. The highest BCUT2D eigenvalue weighted by Crippen LogP contribution is 2.46. The number of hydrogen-bond acceptors (Lipinski definition) is 3. The van der Waals surface area contributed by atoms with Crippen molar-refractivity contribution in [2.45, 2.75) is 63.6 Å². The number of rotatable bonds is 5. The van der Waals surface area contributed by atoms with Gasteiger partial charge in [0.25, 0.3) is 0 Å². The molecule has 1 heterocycles. The first kappa shape index (κ1) is 16.4. The standard InChI is InChI=1S/C21H23F2NO2/c22-17-2-1-3-18(23)19(17)20-16(21(26-24-20)14-6-7-14)11-25-15-9-12-4-5-13(8-12)10-15/h1-3,12-15H,4-11H2/t12-,13?,15?/m0/s1. The molecule has 26 heavy (non-hydrogen) atoms. The molecule has 3 aliphatic rings. The zero-order valence-corrected chi connectivity index (χ0v) is 14.7. The van der Waals surface area contributed by atoms with Crippen LogP contribution in [0.4, 0.5) is 8.78 Å². The van der Waals surface area contributed by atoms with E-state index in [1.54, 1.807) is 0 Å². The third kappa shape index (κ3) is 2.96. The summed E-state index contributed by atoms with van der Waals surface area (Å²) in [6.07, 6.45) is 8.49. The van der Waals surface area contributed by atoms with Gasteiger partial charge in [-0.25, -0.2) is 8.78 Å². The van der Waals surface area contributed by atoms with Crippen LogP contribution < -0.4 is 0 Å². The molecule has 3 nitrogen and oxygen atoms in total. The van der Waals surface area contributed by atoms with E-state index in [0.717, 1.165) is 48.8 Å².